The zero-order valence-electron chi connectivity index (χ0n) is 32.9. The predicted octanol–water partition coefficient (Wildman–Crippen LogP) is 7.85. The van der Waals surface area contributed by atoms with Crippen LogP contribution in [0.1, 0.15) is 82.8 Å². The number of esters is 2. The molecule has 57 heavy (non-hydrogen) atoms. The number of aromatic nitrogens is 2. The summed E-state index contributed by atoms with van der Waals surface area (Å²) in [5, 5.41) is 5.89. The van der Waals surface area contributed by atoms with E-state index >= 15 is 0 Å². The Balaban J connectivity index is 1.33. The molecule has 0 aliphatic carbocycles. The molecule has 2 aliphatic heterocycles. The molecule has 10 heteroatoms. The zero-order valence-corrected chi connectivity index (χ0v) is 32.9. The Morgan fingerprint density at radius 3 is 1.35 bits per heavy atom. The molecule has 0 radical (unpaired) electrons. The summed E-state index contributed by atoms with van der Waals surface area (Å²) in [6.45, 7) is 15.7. The van der Waals surface area contributed by atoms with Gasteiger partial charge >= 0.3 is 11.9 Å². The molecular weight excluding hydrogens is 717 g/mol. The van der Waals surface area contributed by atoms with Gasteiger partial charge in [-0.1, -0.05) is 86.0 Å². The van der Waals surface area contributed by atoms with Gasteiger partial charge in [0.2, 0.25) is 0 Å². The highest BCUT2D eigenvalue weighted by molar-refractivity contribution is 6.04. The van der Waals surface area contributed by atoms with Crippen molar-refractivity contribution in [3.05, 3.63) is 176 Å². The van der Waals surface area contributed by atoms with Gasteiger partial charge in [-0.3, -0.25) is 19.2 Å². The van der Waals surface area contributed by atoms with E-state index in [-0.39, 0.29) is 49.8 Å². The smallest absolute Gasteiger partial charge is 0.306 e. The van der Waals surface area contributed by atoms with Crippen LogP contribution in [-0.4, -0.2) is 33.7 Å². The van der Waals surface area contributed by atoms with Crippen LogP contribution < -0.4 is 10.6 Å². The van der Waals surface area contributed by atoms with Crippen LogP contribution in [-0.2, 0) is 61.1 Å². The van der Waals surface area contributed by atoms with Crippen molar-refractivity contribution >= 4 is 35.9 Å². The molecular formula is C47H48N4O6. The van der Waals surface area contributed by atoms with Crippen molar-refractivity contribution in [2.24, 2.45) is 0 Å². The molecule has 4 N–H and O–H groups in total. The quantitative estimate of drug-likeness (QED) is 0.0857. The second-order valence-corrected chi connectivity index (χ2v) is 14.2. The normalized spacial score (nSPS) is 15.4. The lowest BCUT2D eigenvalue weighted by Crippen LogP contribution is -2.15. The van der Waals surface area contributed by atoms with Gasteiger partial charge in [0.05, 0.1) is 0 Å². The number of nitrogens with one attached hydrogen (secondary N) is 4. The second-order valence-electron chi connectivity index (χ2n) is 14.2. The minimum atomic E-state index is -0.317. The number of aromatic amines is 2. The Kier molecular flexibility index (Phi) is 12.5. The molecule has 2 aromatic carbocycles. The van der Waals surface area contributed by atoms with E-state index in [0.717, 1.165) is 67.3 Å². The number of carbonyl (C=O) groups is 4. The number of rotatable bonds is 16. The van der Waals surface area contributed by atoms with Crippen LogP contribution >= 0.6 is 0 Å². The lowest BCUT2D eigenvalue weighted by atomic mass is 9.98. The van der Waals surface area contributed by atoms with Crippen LogP contribution in [0, 0.1) is 13.8 Å². The van der Waals surface area contributed by atoms with Crippen LogP contribution in [0.25, 0.3) is 12.2 Å². The van der Waals surface area contributed by atoms with E-state index < -0.39 is 0 Å². The predicted molar refractivity (Wildman–Crippen MR) is 221 cm³/mol. The highest BCUT2D eigenvalue weighted by Crippen LogP contribution is 2.32. The first-order valence-electron chi connectivity index (χ1n) is 19.0. The summed E-state index contributed by atoms with van der Waals surface area (Å²) >= 11 is 0. The minimum Gasteiger partial charge on any atom is -0.461 e. The Bertz CT molecular complexity index is 2200. The number of benzene rings is 2. The van der Waals surface area contributed by atoms with Gasteiger partial charge in [0.15, 0.2) is 0 Å². The molecule has 4 aromatic rings. The lowest BCUT2D eigenvalue weighted by Gasteiger charge is -2.09. The zero-order chi connectivity index (χ0) is 40.6. The van der Waals surface area contributed by atoms with Crippen LogP contribution in [0.4, 0.5) is 0 Å². The fraction of sp³-hybridized carbons (Fsp3) is 0.234. The van der Waals surface area contributed by atoms with Crippen LogP contribution in [0.3, 0.4) is 0 Å². The van der Waals surface area contributed by atoms with Crippen molar-refractivity contribution in [3.63, 3.8) is 0 Å². The molecule has 0 bridgehead atoms. The van der Waals surface area contributed by atoms with Gasteiger partial charge in [0, 0.05) is 64.6 Å². The maximum absolute atomic E-state index is 13.1. The lowest BCUT2D eigenvalue weighted by molar-refractivity contribution is -0.145. The van der Waals surface area contributed by atoms with Gasteiger partial charge in [0.25, 0.3) is 11.8 Å². The monoisotopic (exact) mass is 764 g/mol. The van der Waals surface area contributed by atoms with Crippen molar-refractivity contribution in [2.45, 2.75) is 73.0 Å². The number of hydrogen-bond donors (Lipinski definition) is 4. The molecule has 10 nitrogen and oxygen atoms in total. The summed E-state index contributed by atoms with van der Waals surface area (Å²) < 4.78 is 11.3. The highest BCUT2D eigenvalue weighted by Gasteiger charge is 2.26. The third-order valence-electron chi connectivity index (χ3n) is 10.6. The number of hydrogen-bond acceptors (Lipinski definition) is 6. The summed E-state index contributed by atoms with van der Waals surface area (Å²) in [6, 6.07) is 19.1. The van der Waals surface area contributed by atoms with Crippen LogP contribution in [0.2, 0.25) is 0 Å². The van der Waals surface area contributed by atoms with Crippen LogP contribution in [0.15, 0.2) is 120 Å². The van der Waals surface area contributed by atoms with Gasteiger partial charge in [-0.25, -0.2) is 0 Å². The van der Waals surface area contributed by atoms with E-state index in [4.69, 9.17) is 9.47 Å². The molecule has 4 heterocycles. The molecule has 292 valence electrons. The van der Waals surface area contributed by atoms with Gasteiger partial charge in [-0.15, -0.1) is 0 Å². The number of carbonyl (C=O) groups excluding carboxylic acids is 4. The van der Waals surface area contributed by atoms with Crippen molar-refractivity contribution in [2.75, 3.05) is 0 Å². The summed E-state index contributed by atoms with van der Waals surface area (Å²) in [6.07, 6.45) is 8.47. The first-order chi connectivity index (χ1) is 27.5. The molecule has 0 unspecified atom stereocenters. The molecule has 0 saturated carbocycles. The molecule has 0 fully saturated rings. The molecule has 2 aliphatic rings. The van der Waals surface area contributed by atoms with Crippen LogP contribution in [0.5, 0.6) is 0 Å². The van der Waals surface area contributed by atoms with E-state index in [1.54, 1.807) is 12.2 Å². The highest BCUT2D eigenvalue weighted by atomic mass is 16.5. The summed E-state index contributed by atoms with van der Waals surface area (Å²) in [5.41, 5.74) is 12.9. The van der Waals surface area contributed by atoms with E-state index in [2.05, 4.69) is 33.8 Å². The van der Waals surface area contributed by atoms with E-state index in [0.29, 0.717) is 41.8 Å². The first-order valence-corrected chi connectivity index (χ1v) is 19.0. The largest absolute Gasteiger partial charge is 0.461 e. The average molecular weight is 765 g/mol. The van der Waals surface area contributed by atoms with Gasteiger partial charge in [-0.05, 0) is 97.2 Å². The second kappa shape index (κ2) is 17.8. The van der Waals surface area contributed by atoms with Crippen molar-refractivity contribution in [1.29, 1.82) is 0 Å². The Morgan fingerprint density at radius 1 is 0.614 bits per heavy atom. The Hall–Kier alpha value is -6.68. The van der Waals surface area contributed by atoms with Gasteiger partial charge in [-0.2, -0.15) is 0 Å². The fourth-order valence-corrected chi connectivity index (χ4v) is 7.23. The number of amides is 2. The molecule has 0 spiro atoms. The van der Waals surface area contributed by atoms with E-state index in [1.807, 2.05) is 101 Å². The third kappa shape index (κ3) is 9.24. The molecule has 6 rings (SSSR count). The van der Waals surface area contributed by atoms with Crippen molar-refractivity contribution in [1.82, 2.24) is 20.6 Å². The summed E-state index contributed by atoms with van der Waals surface area (Å²) in [4.78, 5) is 58.6. The minimum absolute atomic E-state index is 0.156. The van der Waals surface area contributed by atoms with Crippen molar-refractivity contribution in [3.8, 4) is 0 Å². The number of allylic oxidation sites excluding steroid dienone is 2. The third-order valence-corrected chi connectivity index (χ3v) is 10.6. The van der Waals surface area contributed by atoms with Gasteiger partial charge < -0.3 is 30.1 Å². The Labute approximate surface area is 333 Å². The summed E-state index contributed by atoms with van der Waals surface area (Å²) in [5.74, 6) is -1.05. The molecule has 0 saturated heterocycles. The maximum Gasteiger partial charge on any atom is 0.306 e. The Morgan fingerprint density at radius 2 is 1.00 bits per heavy atom. The standard InChI is InChI=1S/C47H48N4O6/c1-7-34-28(3)40(50-46(34)54)23-38-30(5)36(19-21-44(52)56-26-32-15-11-9-12-16-32)42(48-38)25-43-37(20-22-45(53)57-27-33-17-13-10-14-18-33)31(6)39(49-43)24-41-29(4)35(8-2)47(55)51-41/h7-18,23-24,48-49H,1-2,19-22,25-27H2,3-6H3,(H,50,54)(H,51,55)/b40-23-,41-24-. The van der Waals surface area contributed by atoms with E-state index in [1.165, 1.54) is 0 Å². The number of ether oxygens (including phenoxy) is 2. The summed E-state index contributed by atoms with van der Waals surface area (Å²) in [7, 11) is 0. The maximum atomic E-state index is 13.1. The molecule has 0 atom stereocenters. The van der Waals surface area contributed by atoms with E-state index in [9.17, 15) is 19.2 Å². The molecule has 2 aromatic heterocycles. The van der Waals surface area contributed by atoms with Crippen molar-refractivity contribution < 1.29 is 28.7 Å². The average Bonchev–Trinajstić information content (AvgIpc) is 3.86. The topological polar surface area (TPSA) is 142 Å². The van der Waals surface area contributed by atoms with Gasteiger partial charge in [0.1, 0.15) is 13.2 Å². The number of H-pyrrole nitrogens is 2. The SMILES string of the molecule is C=CC1=C(C)/C(=C/c2[nH]c(Cc3[nH]c(/C=C4\NC(=O)C(C=C)=C4C)c(C)c3CCC(=O)OCc3ccccc3)c(CCC(=O)OCc3ccccc3)c2C)NC1=O. The molecule has 2 amide bonds. The first kappa shape index (κ1) is 40.0. The fourth-order valence-electron chi connectivity index (χ4n) is 7.23.